The first-order chi connectivity index (χ1) is 7.27. The van der Waals surface area contributed by atoms with E-state index in [1.165, 1.54) is 0 Å². The highest BCUT2D eigenvalue weighted by Crippen LogP contribution is 2.19. The standard InChI is InChI=1S/C13H13NO/c1-3-4-5-8-15-13-9-12(10-14)7-6-11(13)2/h1,6-7,9H,4-5,8H2,2H3. The molecule has 15 heavy (non-hydrogen) atoms. The Kier molecular flexibility index (Phi) is 4.26. The number of hydrogen-bond acceptors (Lipinski definition) is 2. The molecule has 1 aromatic carbocycles. The summed E-state index contributed by atoms with van der Waals surface area (Å²) >= 11 is 0. The maximum absolute atomic E-state index is 8.73. The second-order valence-corrected chi connectivity index (χ2v) is 3.25. The third kappa shape index (κ3) is 3.37. The van der Waals surface area contributed by atoms with Crippen LogP contribution in [-0.4, -0.2) is 6.61 Å². The number of rotatable bonds is 4. The minimum absolute atomic E-state index is 0.597. The van der Waals surface area contributed by atoms with Gasteiger partial charge in [0.15, 0.2) is 0 Å². The molecule has 0 saturated carbocycles. The van der Waals surface area contributed by atoms with Crippen LogP contribution in [0.3, 0.4) is 0 Å². The molecule has 0 unspecified atom stereocenters. The number of benzene rings is 1. The molecule has 76 valence electrons. The van der Waals surface area contributed by atoms with E-state index >= 15 is 0 Å². The Morgan fingerprint density at radius 2 is 2.27 bits per heavy atom. The minimum Gasteiger partial charge on any atom is -0.493 e. The fraction of sp³-hybridized carbons (Fsp3) is 0.308. The van der Waals surface area contributed by atoms with E-state index in [1.54, 1.807) is 12.1 Å². The van der Waals surface area contributed by atoms with Crippen molar-refractivity contribution in [3.05, 3.63) is 29.3 Å². The van der Waals surface area contributed by atoms with Crippen molar-refractivity contribution < 1.29 is 4.74 Å². The van der Waals surface area contributed by atoms with Crippen LogP contribution in [0.15, 0.2) is 18.2 Å². The lowest BCUT2D eigenvalue weighted by molar-refractivity contribution is 0.311. The molecule has 0 aromatic heterocycles. The van der Waals surface area contributed by atoms with Gasteiger partial charge in [0.1, 0.15) is 5.75 Å². The lowest BCUT2D eigenvalue weighted by atomic mass is 10.1. The first kappa shape index (κ1) is 11.1. The van der Waals surface area contributed by atoms with Gasteiger partial charge in [-0.1, -0.05) is 6.07 Å². The van der Waals surface area contributed by atoms with Gasteiger partial charge in [-0.2, -0.15) is 5.26 Å². The van der Waals surface area contributed by atoms with Crippen molar-refractivity contribution in [3.63, 3.8) is 0 Å². The summed E-state index contributed by atoms with van der Waals surface area (Å²) in [5.41, 5.74) is 1.65. The highest BCUT2D eigenvalue weighted by Gasteiger charge is 2.00. The van der Waals surface area contributed by atoms with Gasteiger partial charge < -0.3 is 4.74 Å². The SMILES string of the molecule is C#CCCCOc1cc(C#N)ccc1C. The van der Waals surface area contributed by atoms with Crippen LogP contribution in [0.2, 0.25) is 0 Å². The van der Waals surface area contributed by atoms with Gasteiger partial charge >= 0.3 is 0 Å². The molecule has 0 radical (unpaired) electrons. The van der Waals surface area contributed by atoms with Crippen LogP contribution >= 0.6 is 0 Å². The molecule has 0 aliphatic rings. The van der Waals surface area contributed by atoms with Crippen LogP contribution in [-0.2, 0) is 0 Å². The molecular weight excluding hydrogens is 186 g/mol. The molecule has 1 aromatic rings. The molecule has 1 rings (SSSR count). The average Bonchev–Trinajstić information content (AvgIpc) is 2.26. The fourth-order valence-electron chi connectivity index (χ4n) is 1.18. The van der Waals surface area contributed by atoms with Gasteiger partial charge in [0, 0.05) is 6.42 Å². The molecular formula is C13H13NO. The van der Waals surface area contributed by atoms with E-state index < -0.39 is 0 Å². The Morgan fingerprint density at radius 1 is 1.47 bits per heavy atom. The highest BCUT2D eigenvalue weighted by atomic mass is 16.5. The maximum Gasteiger partial charge on any atom is 0.123 e. The normalized spacial score (nSPS) is 9.00. The monoisotopic (exact) mass is 199 g/mol. The van der Waals surface area contributed by atoms with Crippen LogP contribution in [0.4, 0.5) is 0 Å². The van der Waals surface area contributed by atoms with Crippen molar-refractivity contribution in [1.29, 1.82) is 5.26 Å². The summed E-state index contributed by atoms with van der Waals surface area (Å²) in [5.74, 6) is 3.33. The number of unbranched alkanes of at least 4 members (excludes halogenated alkanes) is 1. The van der Waals surface area contributed by atoms with Crippen LogP contribution < -0.4 is 4.74 Å². The Labute approximate surface area is 90.5 Å². The van der Waals surface area contributed by atoms with Gasteiger partial charge in [-0.25, -0.2) is 0 Å². The summed E-state index contributed by atoms with van der Waals surface area (Å²) in [6, 6.07) is 7.50. The van der Waals surface area contributed by atoms with Crippen LogP contribution in [0.5, 0.6) is 5.75 Å². The quantitative estimate of drug-likeness (QED) is 0.551. The van der Waals surface area contributed by atoms with E-state index in [0.29, 0.717) is 12.2 Å². The Hall–Kier alpha value is -1.93. The summed E-state index contributed by atoms with van der Waals surface area (Å²) in [6.45, 7) is 2.55. The van der Waals surface area contributed by atoms with Gasteiger partial charge in [0.2, 0.25) is 0 Å². The second kappa shape index (κ2) is 5.73. The van der Waals surface area contributed by atoms with Gasteiger partial charge in [-0.15, -0.1) is 12.3 Å². The van der Waals surface area contributed by atoms with E-state index in [9.17, 15) is 0 Å². The Balaban J connectivity index is 2.61. The zero-order valence-corrected chi connectivity index (χ0v) is 8.79. The number of terminal acetylenes is 1. The largest absolute Gasteiger partial charge is 0.493 e. The molecule has 0 aliphatic heterocycles. The summed E-state index contributed by atoms with van der Waals surface area (Å²) in [6.07, 6.45) is 6.69. The zero-order valence-electron chi connectivity index (χ0n) is 8.79. The number of nitrogens with zero attached hydrogens (tertiary/aromatic N) is 1. The first-order valence-electron chi connectivity index (χ1n) is 4.85. The number of aryl methyl sites for hydroxylation is 1. The number of ether oxygens (including phenoxy) is 1. The van der Waals surface area contributed by atoms with Crippen molar-refractivity contribution in [2.24, 2.45) is 0 Å². The highest BCUT2D eigenvalue weighted by molar-refractivity contribution is 5.41. The van der Waals surface area contributed by atoms with Gasteiger partial charge in [0.25, 0.3) is 0 Å². The van der Waals surface area contributed by atoms with Crippen molar-refractivity contribution in [2.75, 3.05) is 6.61 Å². The molecule has 0 atom stereocenters. The van der Waals surface area contributed by atoms with Crippen LogP contribution in [0, 0.1) is 30.6 Å². The second-order valence-electron chi connectivity index (χ2n) is 3.25. The zero-order chi connectivity index (χ0) is 11.1. The molecule has 0 aliphatic carbocycles. The van der Waals surface area contributed by atoms with Gasteiger partial charge in [-0.3, -0.25) is 0 Å². The van der Waals surface area contributed by atoms with Crippen molar-refractivity contribution >= 4 is 0 Å². The van der Waals surface area contributed by atoms with E-state index in [0.717, 1.165) is 24.2 Å². The van der Waals surface area contributed by atoms with Crippen LogP contribution in [0.25, 0.3) is 0 Å². The lowest BCUT2D eigenvalue weighted by Gasteiger charge is -2.08. The van der Waals surface area contributed by atoms with Crippen molar-refractivity contribution in [3.8, 4) is 24.2 Å². The molecule has 0 saturated heterocycles. The fourth-order valence-corrected chi connectivity index (χ4v) is 1.18. The predicted octanol–water partition coefficient (Wildman–Crippen LogP) is 2.66. The van der Waals surface area contributed by atoms with Gasteiger partial charge in [-0.05, 0) is 31.0 Å². The third-order valence-electron chi connectivity index (χ3n) is 2.04. The van der Waals surface area contributed by atoms with Gasteiger partial charge in [0.05, 0.1) is 18.2 Å². The Bertz CT molecular complexity index is 410. The summed E-state index contributed by atoms with van der Waals surface area (Å²) in [5, 5.41) is 8.73. The minimum atomic E-state index is 0.597. The van der Waals surface area contributed by atoms with E-state index in [4.69, 9.17) is 16.4 Å². The topological polar surface area (TPSA) is 33.0 Å². The van der Waals surface area contributed by atoms with E-state index in [2.05, 4.69) is 12.0 Å². The molecule has 0 fully saturated rings. The molecule has 2 heteroatoms. The summed E-state index contributed by atoms with van der Waals surface area (Å²) < 4.78 is 5.53. The van der Waals surface area contributed by atoms with Crippen molar-refractivity contribution in [2.45, 2.75) is 19.8 Å². The molecule has 0 heterocycles. The lowest BCUT2D eigenvalue weighted by Crippen LogP contribution is -1.98. The summed E-state index contributed by atoms with van der Waals surface area (Å²) in [4.78, 5) is 0. The number of hydrogen-bond donors (Lipinski definition) is 0. The predicted molar refractivity (Wildman–Crippen MR) is 59.5 cm³/mol. The first-order valence-corrected chi connectivity index (χ1v) is 4.85. The summed E-state index contributed by atoms with van der Waals surface area (Å²) in [7, 11) is 0. The van der Waals surface area contributed by atoms with E-state index in [-0.39, 0.29) is 0 Å². The molecule has 0 spiro atoms. The van der Waals surface area contributed by atoms with Crippen molar-refractivity contribution in [1.82, 2.24) is 0 Å². The molecule has 0 amide bonds. The molecule has 2 nitrogen and oxygen atoms in total. The molecule has 0 bridgehead atoms. The molecule has 0 N–H and O–H groups in total. The smallest absolute Gasteiger partial charge is 0.123 e. The average molecular weight is 199 g/mol. The third-order valence-corrected chi connectivity index (χ3v) is 2.04. The number of nitriles is 1. The maximum atomic E-state index is 8.73. The van der Waals surface area contributed by atoms with E-state index in [1.807, 2.05) is 13.0 Å². The Morgan fingerprint density at radius 3 is 2.93 bits per heavy atom. The van der Waals surface area contributed by atoms with Crippen LogP contribution in [0.1, 0.15) is 24.0 Å².